The van der Waals surface area contributed by atoms with Crippen molar-refractivity contribution in [2.24, 2.45) is 0 Å². The minimum Gasteiger partial charge on any atom is -0.354 e. The minimum absolute atomic E-state index is 0.675. The van der Waals surface area contributed by atoms with Crippen LogP contribution in [0.15, 0.2) is 16.7 Å². The van der Waals surface area contributed by atoms with E-state index < -0.39 is 0 Å². The summed E-state index contributed by atoms with van der Waals surface area (Å²) in [7, 11) is 0. The van der Waals surface area contributed by atoms with E-state index in [0.717, 1.165) is 36.5 Å². The highest BCUT2D eigenvalue weighted by molar-refractivity contribution is 9.10. The Morgan fingerprint density at radius 3 is 2.83 bits per heavy atom. The lowest BCUT2D eigenvalue weighted by Gasteiger charge is -2.26. The molecule has 0 bridgehead atoms. The summed E-state index contributed by atoms with van der Waals surface area (Å²) in [6.45, 7) is 11.1. The van der Waals surface area contributed by atoms with Gasteiger partial charge >= 0.3 is 0 Å². The number of anilines is 1. The van der Waals surface area contributed by atoms with Gasteiger partial charge in [0.2, 0.25) is 0 Å². The number of nitrogens with zero attached hydrogens (tertiary/aromatic N) is 3. The molecule has 0 aliphatic carbocycles. The maximum Gasteiger partial charge on any atom is 0.143 e. The van der Waals surface area contributed by atoms with Crippen LogP contribution in [0.2, 0.25) is 0 Å². The molecular weight excluding hydrogens is 290 g/mol. The van der Waals surface area contributed by atoms with Crippen molar-refractivity contribution >= 4 is 21.7 Å². The van der Waals surface area contributed by atoms with E-state index in [0.29, 0.717) is 6.04 Å². The second kappa shape index (κ2) is 6.02. The largest absolute Gasteiger partial charge is 0.354 e. The Kier molecular flexibility index (Phi) is 4.62. The van der Waals surface area contributed by atoms with Crippen molar-refractivity contribution < 1.29 is 0 Å². The highest BCUT2D eigenvalue weighted by atomic mass is 79.9. The Morgan fingerprint density at radius 2 is 2.17 bits per heavy atom. The van der Waals surface area contributed by atoms with Gasteiger partial charge in [0, 0.05) is 25.3 Å². The van der Waals surface area contributed by atoms with Crippen molar-refractivity contribution in [3.8, 4) is 0 Å². The molecule has 2 rings (SSSR count). The molecule has 1 aliphatic heterocycles. The van der Waals surface area contributed by atoms with Gasteiger partial charge in [-0.15, -0.1) is 0 Å². The molecule has 1 unspecified atom stereocenters. The summed E-state index contributed by atoms with van der Waals surface area (Å²) in [6.07, 6.45) is 3.14. The molecule has 100 valence electrons. The molecule has 0 amide bonds. The van der Waals surface area contributed by atoms with Crippen LogP contribution in [0.1, 0.15) is 25.8 Å². The van der Waals surface area contributed by atoms with E-state index in [1.165, 1.54) is 12.0 Å². The van der Waals surface area contributed by atoms with E-state index >= 15 is 0 Å². The average molecular weight is 312 g/mol. The molecule has 0 spiro atoms. The molecule has 18 heavy (non-hydrogen) atoms. The number of likely N-dealkylation sites (N-methyl/N-ethyl adjacent to an activating group) is 1. The van der Waals surface area contributed by atoms with Crippen LogP contribution >= 0.6 is 15.9 Å². The molecule has 3 nitrogen and oxygen atoms in total. The zero-order valence-electron chi connectivity index (χ0n) is 11.5. The Labute approximate surface area is 118 Å². The fraction of sp³-hybridized carbons (Fsp3) is 0.643. The normalized spacial score (nSPS) is 19.8. The molecule has 0 saturated carbocycles. The van der Waals surface area contributed by atoms with E-state index in [-0.39, 0.29) is 0 Å². The van der Waals surface area contributed by atoms with E-state index in [1.54, 1.807) is 0 Å². The standard InChI is InChI=1S/C14H22BrN3/c1-4-17(5-2)12-7-9-18(10-12)14-13(15)11(3)6-8-16-14/h6,8,12H,4-5,7,9-10H2,1-3H3. The Morgan fingerprint density at radius 1 is 1.44 bits per heavy atom. The fourth-order valence-corrected chi connectivity index (χ4v) is 3.20. The van der Waals surface area contributed by atoms with Crippen LogP contribution in [-0.2, 0) is 0 Å². The first-order valence-corrected chi connectivity index (χ1v) is 7.56. The average Bonchev–Trinajstić information content (AvgIpc) is 2.84. The molecule has 0 aromatic carbocycles. The van der Waals surface area contributed by atoms with Crippen molar-refractivity contribution in [3.05, 3.63) is 22.3 Å². The number of hydrogen-bond donors (Lipinski definition) is 0. The molecule has 1 fully saturated rings. The van der Waals surface area contributed by atoms with E-state index in [4.69, 9.17) is 0 Å². The molecule has 1 atom stereocenters. The fourth-order valence-electron chi connectivity index (χ4n) is 2.72. The third-order valence-electron chi connectivity index (χ3n) is 3.86. The van der Waals surface area contributed by atoms with Gasteiger partial charge in [0.05, 0.1) is 4.47 Å². The third kappa shape index (κ3) is 2.69. The molecular formula is C14H22BrN3. The van der Waals surface area contributed by atoms with E-state index in [1.807, 2.05) is 12.3 Å². The molecule has 0 N–H and O–H groups in total. The second-order valence-corrected chi connectivity index (χ2v) is 5.67. The molecule has 4 heteroatoms. The SMILES string of the molecule is CCN(CC)C1CCN(c2nccc(C)c2Br)C1. The minimum atomic E-state index is 0.675. The first kappa shape index (κ1) is 13.8. The monoisotopic (exact) mass is 311 g/mol. The smallest absolute Gasteiger partial charge is 0.143 e. The molecule has 0 radical (unpaired) electrons. The Balaban J connectivity index is 2.11. The van der Waals surface area contributed by atoms with E-state index in [2.05, 4.69) is 51.5 Å². The number of aryl methyl sites for hydroxylation is 1. The maximum atomic E-state index is 4.53. The van der Waals surface area contributed by atoms with Gasteiger partial charge in [-0.25, -0.2) is 4.98 Å². The summed E-state index contributed by atoms with van der Waals surface area (Å²) in [5, 5.41) is 0. The molecule has 2 heterocycles. The van der Waals surface area contributed by atoms with Gasteiger partial charge in [0.1, 0.15) is 5.82 Å². The zero-order valence-corrected chi connectivity index (χ0v) is 13.1. The lowest BCUT2D eigenvalue weighted by molar-refractivity contribution is 0.232. The number of hydrogen-bond acceptors (Lipinski definition) is 3. The van der Waals surface area contributed by atoms with Crippen LogP contribution in [0.4, 0.5) is 5.82 Å². The second-order valence-electron chi connectivity index (χ2n) is 4.88. The van der Waals surface area contributed by atoms with Crippen LogP contribution in [0, 0.1) is 6.92 Å². The zero-order chi connectivity index (χ0) is 13.1. The van der Waals surface area contributed by atoms with Gasteiger partial charge in [-0.1, -0.05) is 13.8 Å². The number of rotatable bonds is 4. The first-order chi connectivity index (χ1) is 8.67. The van der Waals surface area contributed by atoms with Crippen LogP contribution in [0.5, 0.6) is 0 Å². The lowest BCUT2D eigenvalue weighted by Crippen LogP contribution is -2.37. The summed E-state index contributed by atoms with van der Waals surface area (Å²) >= 11 is 3.66. The number of pyridine rings is 1. The van der Waals surface area contributed by atoms with Crippen LogP contribution < -0.4 is 4.90 Å². The lowest BCUT2D eigenvalue weighted by atomic mass is 10.2. The number of halogens is 1. The predicted octanol–water partition coefficient (Wildman–Crippen LogP) is 3.07. The van der Waals surface area contributed by atoms with Gasteiger partial charge in [0.25, 0.3) is 0 Å². The van der Waals surface area contributed by atoms with Gasteiger partial charge in [-0.05, 0) is 54.0 Å². The summed E-state index contributed by atoms with van der Waals surface area (Å²) in [4.78, 5) is 9.48. The third-order valence-corrected chi connectivity index (χ3v) is 4.84. The van der Waals surface area contributed by atoms with Gasteiger partial charge in [-0.3, -0.25) is 4.90 Å². The van der Waals surface area contributed by atoms with Crippen molar-refractivity contribution in [2.75, 3.05) is 31.1 Å². The van der Waals surface area contributed by atoms with Crippen molar-refractivity contribution in [3.63, 3.8) is 0 Å². The summed E-state index contributed by atoms with van der Waals surface area (Å²) in [6, 6.07) is 2.72. The summed E-state index contributed by atoms with van der Waals surface area (Å²) < 4.78 is 1.14. The van der Waals surface area contributed by atoms with Gasteiger partial charge in [0.15, 0.2) is 0 Å². The highest BCUT2D eigenvalue weighted by Crippen LogP contribution is 2.30. The van der Waals surface area contributed by atoms with Gasteiger partial charge < -0.3 is 4.90 Å². The molecule has 1 aromatic rings. The van der Waals surface area contributed by atoms with E-state index in [9.17, 15) is 0 Å². The maximum absolute atomic E-state index is 4.53. The molecule has 1 aliphatic rings. The Hall–Kier alpha value is -0.610. The van der Waals surface area contributed by atoms with Crippen molar-refractivity contribution in [2.45, 2.75) is 33.2 Å². The highest BCUT2D eigenvalue weighted by Gasteiger charge is 2.28. The Bertz CT molecular complexity index is 404. The van der Waals surface area contributed by atoms with Crippen LogP contribution in [0.3, 0.4) is 0 Å². The molecule has 1 aromatic heterocycles. The summed E-state index contributed by atoms with van der Waals surface area (Å²) in [5.74, 6) is 1.10. The predicted molar refractivity (Wildman–Crippen MR) is 80.2 cm³/mol. The van der Waals surface area contributed by atoms with Gasteiger partial charge in [-0.2, -0.15) is 0 Å². The summed E-state index contributed by atoms with van der Waals surface area (Å²) in [5.41, 5.74) is 1.26. The van der Waals surface area contributed by atoms with Crippen molar-refractivity contribution in [1.29, 1.82) is 0 Å². The number of aromatic nitrogens is 1. The van der Waals surface area contributed by atoms with Crippen LogP contribution in [-0.4, -0.2) is 42.1 Å². The quantitative estimate of drug-likeness (QED) is 0.852. The topological polar surface area (TPSA) is 19.4 Å². The van der Waals surface area contributed by atoms with Crippen molar-refractivity contribution in [1.82, 2.24) is 9.88 Å². The molecule has 1 saturated heterocycles. The first-order valence-electron chi connectivity index (χ1n) is 6.77. The van der Waals surface area contributed by atoms with Crippen LogP contribution in [0.25, 0.3) is 0 Å².